The van der Waals surface area contributed by atoms with Crippen molar-refractivity contribution in [1.82, 2.24) is 15.3 Å². The fourth-order valence-electron chi connectivity index (χ4n) is 2.68. The Morgan fingerprint density at radius 2 is 1.88 bits per heavy atom. The van der Waals surface area contributed by atoms with Gasteiger partial charge in [0.25, 0.3) is 0 Å². The largest absolute Gasteiger partial charge is 0.460 e. The van der Waals surface area contributed by atoms with Crippen LogP contribution in [-0.2, 0) is 4.79 Å². The fourth-order valence-corrected chi connectivity index (χ4v) is 2.68. The summed E-state index contributed by atoms with van der Waals surface area (Å²) in [6.45, 7) is 4.63. The molecule has 2 aromatic rings. The van der Waals surface area contributed by atoms with Crippen molar-refractivity contribution >= 4 is 5.91 Å². The van der Waals surface area contributed by atoms with Crippen molar-refractivity contribution in [2.45, 2.75) is 51.6 Å². The first-order chi connectivity index (χ1) is 12.2. The van der Waals surface area contributed by atoms with E-state index >= 15 is 0 Å². The van der Waals surface area contributed by atoms with E-state index in [2.05, 4.69) is 46.5 Å². The second-order valence-electron chi connectivity index (χ2n) is 6.61. The maximum absolute atomic E-state index is 11.4. The smallest absolute Gasteiger partial charge is 0.316 e. The van der Waals surface area contributed by atoms with Crippen molar-refractivity contribution in [3.05, 3.63) is 42.2 Å². The molecule has 5 heteroatoms. The Balaban J connectivity index is 1.60. The Labute approximate surface area is 148 Å². The number of aromatic nitrogens is 2. The molecule has 0 bridgehead atoms. The predicted octanol–water partition coefficient (Wildman–Crippen LogP) is 3.70. The van der Waals surface area contributed by atoms with Crippen LogP contribution < -0.4 is 10.1 Å². The summed E-state index contributed by atoms with van der Waals surface area (Å²) in [7, 11) is 0. The van der Waals surface area contributed by atoms with Gasteiger partial charge in [0.15, 0.2) is 0 Å². The molecule has 0 saturated heterocycles. The van der Waals surface area contributed by atoms with Crippen LogP contribution in [0.1, 0.15) is 51.0 Å². The number of ether oxygens (including phenoxy) is 1. The maximum Gasteiger partial charge on any atom is 0.316 e. The van der Waals surface area contributed by atoms with Gasteiger partial charge in [0.1, 0.15) is 6.10 Å². The number of hydrogen-bond acceptors (Lipinski definition) is 4. The molecule has 0 aliphatic heterocycles. The molecule has 1 unspecified atom stereocenters. The number of benzene rings is 1. The molecule has 1 aliphatic rings. The Hall–Kier alpha value is -2.43. The molecule has 0 spiro atoms. The zero-order valence-corrected chi connectivity index (χ0v) is 14.9. The van der Waals surface area contributed by atoms with E-state index in [1.54, 1.807) is 12.4 Å². The summed E-state index contributed by atoms with van der Waals surface area (Å²) >= 11 is 0. The predicted molar refractivity (Wildman–Crippen MR) is 97.5 cm³/mol. The van der Waals surface area contributed by atoms with Crippen molar-refractivity contribution in [1.29, 1.82) is 0 Å². The van der Waals surface area contributed by atoms with Gasteiger partial charge in [-0.05, 0) is 36.3 Å². The van der Waals surface area contributed by atoms with Gasteiger partial charge in [0, 0.05) is 30.9 Å². The van der Waals surface area contributed by atoms with Gasteiger partial charge in [-0.1, -0.05) is 38.1 Å². The molecule has 1 N–H and O–H groups in total. The van der Waals surface area contributed by atoms with Crippen LogP contribution in [0.25, 0.3) is 11.1 Å². The third-order valence-electron chi connectivity index (χ3n) is 4.69. The monoisotopic (exact) mass is 339 g/mol. The number of nitrogens with one attached hydrogen (secondary N) is 1. The third kappa shape index (κ3) is 4.56. The molecule has 0 radical (unpaired) electrons. The zero-order valence-electron chi connectivity index (χ0n) is 14.9. The van der Waals surface area contributed by atoms with Crippen LogP contribution in [0.2, 0.25) is 0 Å². The van der Waals surface area contributed by atoms with Gasteiger partial charge < -0.3 is 10.1 Å². The highest BCUT2D eigenvalue weighted by Gasteiger charge is 2.20. The quantitative estimate of drug-likeness (QED) is 0.835. The van der Waals surface area contributed by atoms with E-state index < -0.39 is 0 Å². The average Bonchev–Trinajstić information content (AvgIpc) is 2.63. The summed E-state index contributed by atoms with van der Waals surface area (Å²) in [5.74, 6) is 0.365. The van der Waals surface area contributed by atoms with Crippen LogP contribution in [-0.4, -0.2) is 28.5 Å². The lowest BCUT2D eigenvalue weighted by Crippen LogP contribution is -2.26. The summed E-state index contributed by atoms with van der Waals surface area (Å²) in [6.07, 6.45) is 7.86. The molecule has 1 saturated carbocycles. The van der Waals surface area contributed by atoms with Crippen LogP contribution in [0.15, 0.2) is 36.7 Å². The highest BCUT2D eigenvalue weighted by atomic mass is 16.5. The third-order valence-corrected chi connectivity index (χ3v) is 4.69. The minimum atomic E-state index is 0.0878. The molecule has 1 atom stereocenters. The molecule has 3 rings (SSSR count). The molecule has 1 heterocycles. The van der Waals surface area contributed by atoms with E-state index in [9.17, 15) is 4.79 Å². The van der Waals surface area contributed by atoms with E-state index in [-0.39, 0.29) is 11.8 Å². The normalized spacial score (nSPS) is 15.3. The Morgan fingerprint density at radius 1 is 1.20 bits per heavy atom. The highest BCUT2D eigenvalue weighted by Crippen LogP contribution is 2.25. The first-order valence-corrected chi connectivity index (χ1v) is 9.01. The second-order valence-corrected chi connectivity index (χ2v) is 6.61. The topological polar surface area (TPSA) is 64.1 Å². The summed E-state index contributed by atoms with van der Waals surface area (Å²) in [5.41, 5.74) is 3.24. The average molecular weight is 339 g/mol. The number of hydrogen-bond donors (Lipinski definition) is 1. The van der Waals surface area contributed by atoms with Crippen molar-refractivity contribution in [3.8, 4) is 17.1 Å². The van der Waals surface area contributed by atoms with Crippen LogP contribution >= 0.6 is 0 Å². The van der Waals surface area contributed by atoms with E-state index in [0.717, 1.165) is 24.0 Å². The number of carbonyl (C=O) groups excluding carboxylic acids is 1. The molecule has 25 heavy (non-hydrogen) atoms. The summed E-state index contributed by atoms with van der Waals surface area (Å²) in [5, 5.41) is 2.94. The van der Waals surface area contributed by atoms with E-state index in [0.29, 0.717) is 25.1 Å². The SMILES string of the molecule is CCC(=O)NCC(C)c1ccc(-c2cnc(OC3CCC3)nc2)cc1. The molecule has 1 aromatic heterocycles. The standard InChI is InChI=1S/C20H25N3O2/c1-3-19(24)21-11-14(2)15-7-9-16(10-8-15)17-12-22-20(23-13-17)25-18-5-4-6-18/h7-10,12-14,18H,3-6,11H2,1-2H3,(H,21,24). The van der Waals surface area contributed by atoms with Crippen molar-refractivity contribution in [2.75, 3.05) is 6.54 Å². The maximum atomic E-state index is 11.4. The number of rotatable bonds is 7. The van der Waals surface area contributed by atoms with Gasteiger partial charge in [0.2, 0.25) is 5.91 Å². The molecule has 132 valence electrons. The first kappa shape index (κ1) is 17.4. The molecular formula is C20H25N3O2. The summed E-state index contributed by atoms with van der Waals surface area (Å²) in [4.78, 5) is 20.0. The van der Waals surface area contributed by atoms with Crippen LogP contribution in [0.4, 0.5) is 0 Å². The highest BCUT2D eigenvalue weighted by molar-refractivity contribution is 5.75. The lowest BCUT2D eigenvalue weighted by atomic mass is 9.96. The molecule has 5 nitrogen and oxygen atoms in total. The first-order valence-electron chi connectivity index (χ1n) is 9.01. The van der Waals surface area contributed by atoms with Crippen LogP contribution in [0, 0.1) is 0 Å². The van der Waals surface area contributed by atoms with Crippen LogP contribution in [0.5, 0.6) is 6.01 Å². The molecule has 1 amide bonds. The number of amides is 1. The lowest BCUT2D eigenvalue weighted by Gasteiger charge is -2.24. The minimum Gasteiger partial charge on any atom is -0.460 e. The van der Waals surface area contributed by atoms with Gasteiger partial charge in [-0.15, -0.1) is 0 Å². The second kappa shape index (κ2) is 8.10. The summed E-state index contributed by atoms with van der Waals surface area (Å²) < 4.78 is 5.69. The Bertz CT molecular complexity index is 694. The van der Waals surface area contributed by atoms with Crippen molar-refractivity contribution < 1.29 is 9.53 Å². The molecule has 1 aliphatic carbocycles. The van der Waals surface area contributed by atoms with E-state index in [1.165, 1.54) is 12.0 Å². The Kier molecular flexibility index (Phi) is 5.64. The minimum absolute atomic E-state index is 0.0878. The molecule has 1 aromatic carbocycles. The van der Waals surface area contributed by atoms with Gasteiger partial charge >= 0.3 is 6.01 Å². The number of carbonyl (C=O) groups is 1. The van der Waals surface area contributed by atoms with E-state index in [1.807, 2.05) is 6.92 Å². The van der Waals surface area contributed by atoms with Crippen molar-refractivity contribution in [2.24, 2.45) is 0 Å². The lowest BCUT2D eigenvalue weighted by molar-refractivity contribution is -0.120. The van der Waals surface area contributed by atoms with Gasteiger partial charge in [0.05, 0.1) is 0 Å². The fraction of sp³-hybridized carbons (Fsp3) is 0.450. The van der Waals surface area contributed by atoms with Gasteiger partial charge in [-0.3, -0.25) is 4.79 Å². The Morgan fingerprint density at radius 3 is 2.44 bits per heavy atom. The summed E-state index contributed by atoms with van der Waals surface area (Å²) in [6, 6.07) is 8.79. The molecule has 1 fully saturated rings. The van der Waals surface area contributed by atoms with Crippen LogP contribution in [0.3, 0.4) is 0 Å². The molecular weight excluding hydrogens is 314 g/mol. The van der Waals surface area contributed by atoms with E-state index in [4.69, 9.17) is 4.74 Å². The van der Waals surface area contributed by atoms with Gasteiger partial charge in [-0.25, -0.2) is 9.97 Å². The zero-order chi connectivity index (χ0) is 17.6. The van der Waals surface area contributed by atoms with Gasteiger partial charge in [-0.2, -0.15) is 0 Å². The van der Waals surface area contributed by atoms with Crippen molar-refractivity contribution in [3.63, 3.8) is 0 Å². The number of nitrogens with zero attached hydrogens (tertiary/aromatic N) is 2.